The molecule has 0 N–H and O–H groups in total. The molecule has 1 amide bonds. The fourth-order valence-electron chi connectivity index (χ4n) is 4.52. The Bertz CT molecular complexity index is 997. The molecule has 1 saturated heterocycles. The molecule has 1 atom stereocenters. The van der Waals surface area contributed by atoms with Crippen molar-refractivity contribution in [2.45, 2.75) is 49.5 Å². The first-order chi connectivity index (χ1) is 14.0. The molecule has 1 fully saturated rings. The number of fused-ring (bicyclic) bond motifs is 1. The second-order valence-electron chi connectivity index (χ2n) is 8.02. The van der Waals surface area contributed by atoms with Crippen LogP contribution >= 0.6 is 0 Å². The average Bonchev–Trinajstić information content (AvgIpc) is 2.78. The Morgan fingerprint density at radius 1 is 1.00 bits per heavy atom. The van der Waals surface area contributed by atoms with Crippen molar-refractivity contribution in [2.24, 2.45) is 0 Å². The Hall–Kier alpha value is -2.18. The first kappa shape index (κ1) is 20.1. The van der Waals surface area contributed by atoms with E-state index >= 15 is 0 Å². The molecule has 1 aliphatic heterocycles. The van der Waals surface area contributed by atoms with Crippen molar-refractivity contribution in [3.8, 4) is 0 Å². The lowest BCUT2D eigenvalue weighted by Crippen LogP contribution is -2.36. The minimum absolute atomic E-state index is 0.0230. The highest BCUT2D eigenvalue weighted by molar-refractivity contribution is 7.89. The fraction of sp³-hybridized carbons (Fsp3) is 0.435. The molecule has 1 heterocycles. The van der Waals surface area contributed by atoms with Gasteiger partial charge in [0.25, 0.3) is 5.91 Å². The van der Waals surface area contributed by atoms with Crippen molar-refractivity contribution in [3.05, 3.63) is 65.2 Å². The van der Waals surface area contributed by atoms with E-state index in [1.807, 2.05) is 19.2 Å². The molecule has 1 aliphatic carbocycles. The second kappa shape index (κ2) is 8.28. The molecule has 2 aromatic rings. The molecule has 4 rings (SSSR count). The largest absolute Gasteiger partial charge is 0.335 e. The van der Waals surface area contributed by atoms with Crippen molar-refractivity contribution < 1.29 is 13.2 Å². The van der Waals surface area contributed by atoms with Crippen LogP contribution in [0, 0.1) is 0 Å². The average molecular weight is 413 g/mol. The summed E-state index contributed by atoms with van der Waals surface area (Å²) in [5.41, 5.74) is 2.92. The van der Waals surface area contributed by atoms with Gasteiger partial charge in [0.2, 0.25) is 10.0 Å². The van der Waals surface area contributed by atoms with E-state index in [2.05, 4.69) is 12.1 Å². The molecular formula is C23H28N2O3S. The number of benzene rings is 2. The topological polar surface area (TPSA) is 57.7 Å². The van der Waals surface area contributed by atoms with Gasteiger partial charge in [-0.1, -0.05) is 36.8 Å². The summed E-state index contributed by atoms with van der Waals surface area (Å²) in [6.45, 7) is 1.11. The third kappa shape index (κ3) is 3.96. The second-order valence-corrected chi connectivity index (χ2v) is 9.95. The molecule has 154 valence electrons. The van der Waals surface area contributed by atoms with Crippen LogP contribution in [0.3, 0.4) is 0 Å². The quantitative estimate of drug-likeness (QED) is 0.762. The zero-order valence-corrected chi connectivity index (χ0v) is 17.7. The van der Waals surface area contributed by atoms with Gasteiger partial charge in [0.05, 0.1) is 10.9 Å². The van der Waals surface area contributed by atoms with E-state index in [-0.39, 0.29) is 16.8 Å². The molecule has 0 bridgehead atoms. The first-order valence-electron chi connectivity index (χ1n) is 10.4. The lowest BCUT2D eigenvalue weighted by molar-refractivity contribution is 0.0715. The number of rotatable bonds is 4. The number of amides is 1. The fourth-order valence-corrected chi connectivity index (χ4v) is 6.08. The number of nitrogens with zero attached hydrogens (tertiary/aromatic N) is 2. The van der Waals surface area contributed by atoms with Crippen LogP contribution in [0.4, 0.5) is 0 Å². The summed E-state index contributed by atoms with van der Waals surface area (Å²) in [5, 5.41) is 0. The SMILES string of the molecule is CN(C(=O)c1cccc(S(=O)(=O)N2CCCCC2)c1)[C@@H]1CCCc2ccccc21. The van der Waals surface area contributed by atoms with Gasteiger partial charge in [0.1, 0.15) is 0 Å². The van der Waals surface area contributed by atoms with Gasteiger partial charge in [-0.05, 0) is 61.4 Å². The van der Waals surface area contributed by atoms with Crippen molar-refractivity contribution in [1.82, 2.24) is 9.21 Å². The minimum atomic E-state index is -3.55. The molecule has 0 aromatic heterocycles. The summed E-state index contributed by atoms with van der Waals surface area (Å²) >= 11 is 0. The Morgan fingerprint density at radius 2 is 1.76 bits per heavy atom. The van der Waals surface area contributed by atoms with Crippen molar-refractivity contribution in [2.75, 3.05) is 20.1 Å². The molecule has 29 heavy (non-hydrogen) atoms. The van der Waals surface area contributed by atoms with E-state index in [0.717, 1.165) is 38.5 Å². The van der Waals surface area contributed by atoms with Gasteiger partial charge in [0, 0.05) is 25.7 Å². The van der Waals surface area contributed by atoms with Gasteiger partial charge in [-0.15, -0.1) is 0 Å². The summed E-state index contributed by atoms with van der Waals surface area (Å²) in [7, 11) is -1.73. The van der Waals surface area contributed by atoms with Gasteiger partial charge in [-0.25, -0.2) is 8.42 Å². The molecule has 5 nitrogen and oxygen atoms in total. The van der Waals surface area contributed by atoms with Gasteiger partial charge in [0.15, 0.2) is 0 Å². The van der Waals surface area contributed by atoms with Crippen LogP contribution in [0.1, 0.15) is 59.6 Å². The van der Waals surface area contributed by atoms with Gasteiger partial charge < -0.3 is 4.90 Å². The first-order valence-corrected chi connectivity index (χ1v) is 11.9. The molecule has 0 unspecified atom stereocenters. The molecule has 2 aliphatic rings. The summed E-state index contributed by atoms with van der Waals surface area (Å²) in [6.07, 6.45) is 5.85. The number of carbonyl (C=O) groups excluding carboxylic acids is 1. The maximum atomic E-state index is 13.2. The molecule has 6 heteroatoms. The molecule has 0 radical (unpaired) electrons. The van der Waals surface area contributed by atoms with Gasteiger partial charge >= 0.3 is 0 Å². The number of piperidine rings is 1. The van der Waals surface area contributed by atoms with Crippen LogP contribution in [-0.4, -0.2) is 43.7 Å². The number of aryl methyl sites for hydroxylation is 1. The Kier molecular flexibility index (Phi) is 5.74. The van der Waals surface area contributed by atoms with E-state index in [1.165, 1.54) is 17.2 Å². The zero-order chi connectivity index (χ0) is 20.4. The van der Waals surface area contributed by atoms with Crippen LogP contribution in [0.5, 0.6) is 0 Å². The third-order valence-corrected chi connectivity index (χ3v) is 8.05. The van der Waals surface area contributed by atoms with E-state index in [0.29, 0.717) is 18.7 Å². The zero-order valence-electron chi connectivity index (χ0n) is 16.9. The van der Waals surface area contributed by atoms with Crippen LogP contribution < -0.4 is 0 Å². The molecule has 2 aromatic carbocycles. The summed E-state index contributed by atoms with van der Waals surface area (Å²) in [6, 6.07) is 14.8. The number of sulfonamides is 1. The molecule has 0 saturated carbocycles. The van der Waals surface area contributed by atoms with Crippen molar-refractivity contribution in [3.63, 3.8) is 0 Å². The smallest absolute Gasteiger partial charge is 0.254 e. The monoisotopic (exact) mass is 412 g/mol. The van der Waals surface area contributed by atoms with Crippen LogP contribution in [0.15, 0.2) is 53.4 Å². The Balaban J connectivity index is 1.59. The number of carbonyl (C=O) groups is 1. The summed E-state index contributed by atoms with van der Waals surface area (Å²) in [4.78, 5) is 15.2. The predicted molar refractivity (Wildman–Crippen MR) is 113 cm³/mol. The van der Waals surface area contributed by atoms with E-state index < -0.39 is 10.0 Å². The van der Waals surface area contributed by atoms with E-state index in [9.17, 15) is 13.2 Å². The van der Waals surface area contributed by atoms with Gasteiger partial charge in [-0.3, -0.25) is 4.79 Å². The third-order valence-electron chi connectivity index (χ3n) is 6.16. The van der Waals surface area contributed by atoms with E-state index in [4.69, 9.17) is 0 Å². The number of hydrogen-bond donors (Lipinski definition) is 0. The Labute approximate surface area is 173 Å². The minimum Gasteiger partial charge on any atom is -0.335 e. The Morgan fingerprint density at radius 3 is 2.55 bits per heavy atom. The van der Waals surface area contributed by atoms with Crippen molar-refractivity contribution in [1.29, 1.82) is 0 Å². The highest BCUT2D eigenvalue weighted by Crippen LogP contribution is 2.34. The standard InChI is InChI=1S/C23H28N2O3S/c1-24(22-14-8-10-18-9-3-4-13-21(18)22)23(26)19-11-7-12-20(17-19)29(27,28)25-15-5-2-6-16-25/h3-4,7,9,11-13,17,22H,2,5-6,8,10,14-16H2,1H3/t22-/m1/s1. The highest BCUT2D eigenvalue weighted by atomic mass is 32.2. The predicted octanol–water partition coefficient (Wildman–Crippen LogP) is 4.01. The van der Waals surface area contributed by atoms with Crippen LogP contribution in [0.2, 0.25) is 0 Å². The van der Waals surface area contributed by atoms with Crippen LogP contribution in [-0.2, 0) is 16.4 Å². The molecular weight excluding hydrogens is 384 g/mol. The maximum Gasteiger partial charge on any atom is 0.254 e. The lowest BCUT2D eigenvalue weighted by atomic mass is 9.87. The highest BCUT2D eigenvalue weighted by Gasteiger charge is 2.29. The molecule has 0 spiro atoms. The number of hydrogen-bond acceptors (Lipinski definition) is 3. The summed E-state index contributed by atoms with van der Waals surface area (Å²) in [5.74, 6) is -0.137. The van der Waals surface area contributed by atoms with Crippen molar-refractivity contribution >= 4 is 15.9 Å². The van der Waals surface area contributed by atoms with E-state index in [1.54, 1.807) is 27.4 Å². The summed E-state index contributed by atoms with van der Waals surface area (Å²) < 4.78 is 27.5. The van der Waals surface area contributed by atoms with Crippen LogP contribution in [0.25, 0.3) is 0 Å². The normalized spacial score (nSPS) is 20.1. The van der Waals surface area contributed by atoms with Gasteiger partial charge in [-0.2, -0.15) is 4.31 Å². The maximum absolute atomic E-state index is 13.2. The lowest BCUT2D eigenvalue weighted by Gasteiger charge is -2.33.